The summed E-state index contributed by atoms with van der Waals surface area (Å²) in [5.74, 6) is 1.89. The molecule has 2 aliphatic rings. The number of anilines is 1. The number of rotatable bonds is 7. The number of halogens is 1. The zero-order chi connectivity index (χ0) is 26.8. The van der Waals surface area contributed by atoms with Crippen molar-refractivity contribution in [2.75, 3.05) is 12.4 Å². The average molecular weight is 519 g/mol. The zero-order valence-electron chi connectivity index (χ0n) is 22.1. The van der Waals surface area contributed by atoms with Gasteiger partial charge in [0.15, 0.2) is 11.5 Å². The van der Waals surface area contributed by atoms with Crippen LogP contribution in [-0.2, 0) is 6.61 Å². The molecule has 0 unspecified atom stereocenters. The fraction of sp³-hybridized carbons (Fsp3) is 0.206. The number of ether oxygens (including phenoxy) is 2. The van der Waals surface area contributed by atoms with Crippen LogP contribution < -0.4 is 14.8 Å². The predicted octanol–water partition coefficient (Wildman–Crippen LogP) is 8.30. The summed E-state index contributed by atoms with van der Waals surface area (Å²) >= 11 is 0. The topological polar surface area (TPSA) is 42.8 Å². The van der Waals surface area contributed by atoms with Crippen molar-refractivity contribution in [2.24, 2.45) is 10.9 Å². The molecular formula is C34H31FN2O2. The van der Waals surface area contributed by atoms with Crippen molar-refractivity contribution in [3.05, 3.63) is 131 Å². The first kappa shape index (κ1) is 24.9. The molecule has 4 aromatic rings. The van der Waals surface area contributed by atoms with E-state index < -0.39 is 0 Å². The Hall–Kier alpha value is -4.38. The molecule has 0 amide bonds. The van der Waals surface area contributed by atoms with Gasteiger partial charge in [0, 0.05) is 17.8 Å². The van der Waals surface area contributed by atoms with E-state index in [0.717, 1.165) is 23.2 Å². The third-order valence-electron chi connectivity index (χ3n) is 7.60. The second kappa shape index (κ2) is 10.8. The van der Waals surface area contributed by atoms with E-state index in [-0.39, 0.29) is 18.5 Å². The van der Waals surface area contributed by atoms with Gasteiger partial charge in [-0.1, -0.05) is 54.1 Å². The molecule has 0 fully saturated rings. The molecule has 0 saturated carbocycles. The number of aryl methyl sites for hydroxylation is 1. The average Bonchev–Trinajstić information content (AvgIpc) is 3.46. The number of fused-ring (bicyclic) bond motifs is 3. The lowest BCUT2D eigenvalue weighted by atomic mass is 9.76. The molecule has 0 bridgehead atoms. The lowest BCUT2D eigenvalue weighted by Crippen LogP contribution is -2.29. The standard InChI is InChI=1S/C34H31FN2O2/c1-22-9-15-31-30(17-22)28-7-4-8-29(28)34(37-31)25-11-13-27(14-12-25)36-20-23-10-16-32(33(19-23)38-2)39-21-24-5-3-6-26(35)18-24/h3-7,9-20,28-29,34,37H,8,21H2,1-2H3/t28-,29-,34+/m1/s1. The van der Waals surface area contributed by atoms with E-state index in [0.29, 0.717) is 23.3 Å². The summed E-state index contributed by atoms with van der Waals surface area (Å²) in [5, 5.41) is 3.81. The van der Waals surface area contributed by atoms with Crippen LogP contribution in [0.3, 0.4) is 0 Å². The molecule has 196 valence electrons. The Morgan fingerprint density at radius 2 is 1.85 bits per heavy atom. The van der Waals surface area contributed by atoms with Crippen LogP contribution in [-0.4, -0.2) is 13.3 Å². The SMILES string of the molecule is COc1cc(C=Nc2ccc([C@@H]3Nc4ccc(C)cc4[C@@H]4C=CC[C@H]43)cc2)ccc1OCc1cccc(F)c1. The Balaban J connectivity index is 1.14. The molecular weight excluding hydrogens is 487 g/mol. The molecule has 1 N–H and O–H groups in total. The predicted molar refractivity (Wildman–Crippen MR) is 155 cm³/mol. The quantitative estimate of drug-likeness (QED) is 0.198. The summed E-state index contributed by atoms with van der Waals surface area (Å²) in [4.78, 5) is 4.69. The Kier molecular flexibility index (Phi) is 6.89. The van der Waals surface area contributed by atoms with Gasteiger partial charge in [-0.25, -0.2) is 4.39 Å². The van der Waals surface area contributed by atoms with E-state index in [9.17, 15) is 4.39 Å². The van der Waals surface area contributed by atoms with Gasteiger partial charge in [0.1, 0.15) is 12.4 Å². The van der Waals surface area contributed by atoms with Crippen LogP contribution in [0.25, 0.3) is 0 Å². The van der Waals surface area contributed by atoms with Gasteiger partial charge in [0.2, 0.25) is 0 Å². The Labute approximate surface area is 228 Å². The summed E-state index contributed by atoms with van der Waals surface area (Å²) < 4.78 is 24.8. The number of methoxy groups -OCH3 is 1. The van der Waals surface area contributed by atoms with Crippen LogP contribution in [0.1, 0.15) is 46.2 Å². The highest BCUT2D eigenvalue weighted by Crippen LogP contribution is 2.50. The summed E-state index contributed by atoms with van der Waals surface area (Å²) in [6.45, 7) is 2.42. The van der Waals surface area contributed by atoms with Crippen molar-refractivity contribution < 1.29 is 13.9 Å². The van der Waals surface area contributed by atoms with E-state index >= 15 is 0 Å². The number of hydrogen-bond acceptors (Lipinski definition) is 4. The fourth-order valence-electron chi connectivity index (χ4n) is 5.63. The maximum atomic E-state index is 13.4. The Bertz CT molecular complexity index is 1540. The lowest BCUT2D eigenvalue weighted by Gasteiger charge is -2.37. The number of aliphatic imine (C=N–C) groups is 1. The molecule has 6 rings (SSSR count). The summed E-state index contributed by atoms with van der Waals surface area (Å²) in [6, 6.07) is 27.5. The van der Waals surface area contributed by atoms with Crippen LogP contribution in [0.4, 0.5) is 15.8 Å². The second-order valence-electron chi connectivity index (χ2n) is 10.2. The minimum absolute atomic E-state index is 0.257. The third-order valence-corrected chi connectivity index (χ3v) is 7.60. The van der Waals surface area contributed by atoms with Crippen molar-refractivity contribution in [1.82, 2.24) is 0 Å². The van der Waals surface area contributed by atoms with Gasteiger partial charge in [0.05, 0.1) is 18.8 Å². The summed E-state index contributed by atoms with van der Waals surface area (Å²) in [6.07, 6.45) is 7.61. The molecule has 0 radical (unpaired) electrons. The van der Waals surface area contributed by atoms with Crippen LogP contribution in [0, 0.1) is 18.7 Å². The molecule has 1 heterocycles. The van der Waals surface area contributed by atoms with Crippen molar-refractivity contribution in [3.8, 4) is 11.5 Å². The maximum Gasteiger partial charge on any atom is 0.161 e. The Morgan fingerprint density at radius 1 is 0.974 bits per heavy atom. The van der Waals surface area contributed by atoms with E-state index in [1.54, 1.807) is 13.2 Å². The zero-order valence-corrected chi connectivity index (χ0v) is 22.1. The second-order valence-corrected chi connectivity index (χ2v) is 10.2. The van der Waals surface area contributed by atoms with Crippen LogP contribution in [0.15, 0.2) is 102 Å². The first-order chi connectivity index (χ1) is 19.1. The van der Waals surface area contributed by atoms with Gasteiger partial charge in [-0.2, -0.15) is 0 Å². The lowest BCUT2D eigenvalue weighted by molar-refractivity contribution is 0.284. The van der Waals surface area contributed by atoms with Crippen molar-refractivity contribution in [3.63, 3.8) is 0 Å². The van der Waals surface area contributed by atoms with Gasteiger partial charge in [0.25, 0.3) is 0 Å². The van der Waals surface area contributed by atoms with Crippen molar-refractivity contribution in [1.29, 1.82) is 0 Å². The van der Waals surface area contributed by atoms with Gasteiger partial charge < -0.3 is 14.8 Å². The highest BCUT2D eigenvalue weighted by atomic mass is 19.1. The monoisotopic (exact) mass is 518 g/mol. The highest BCUT2D eigenvalue weighted by Gasteiger charge is 2.37. The smallest absolute Gasteiger partial charge is 0.161 e. The number of hydrogen-bond donors (Lipinski definition) is 1. The van der Waals surface area contributed by atoms with E-state index in [2.05, 4.69) is 71.8 Å². The number of allylic oxidation sites excluding steroid dienone is 2. The van der Waals surface area contributed by atoms with E-state index in [1.807, 2.05) is 30.5 Å². The number of benzene rings is 4. The highest BCUT2D eigenvalue weighted by molar-refractivity contribution is 5.83. The van der Waals surface area contributed by atoms with E-state index in [4.69, 9.17) is 9.47 Å². The summed E-state index contributed by atoms with van der Waals surface area (Å²) in [5.41, 5.74) is 7.77. The van der Waals surface area contributed by atoms with Crippen molar-refractivity contribution in [2.45, 2.75) is 31.9 Å². The molecule has 1 aliphatic heterocycles. The molecule has 39 heavy (non-hydrogen) atoms. The third kappa shape index (κ3) is 5.30. The van der Waals surface area contributed by atoms with Crippen LogP contribution >= 0.6 is 0 Å². The molecule has 0 saturated heterocycles. The fourth-order valence-corrected chi connectivity index (χ4v) is 5.63. The van der Waals surface area contributed by atoms with Gasteiger partial charge in [-0.15, -0.1) is 0 Å². The van der Waals surface area contributed by atoms with Crippen LogP contribution in [0.5, 0.6) is 11.5 Å². The number of nitrogens with one attached hydrogen (secondary N) is 1. The number of nitrogens with zero attached hydrogens (tertiary/aromatic N) is 1. The maximum absolute atomic E-state index is 13.4. The normalized spacial score (nSPS) is 19.4. The summed E-state index contributed by atoms with van der Waals surface area (Å²) in [7, 11) is 1.60. The van der Waals surface area contributed by atoms with Gasteiger partial charge >= 0.3 is 0 Å². The van der Waals surface area contributed by atoms with E-state index in [1.165, 1.54) is 34.5 Å². The van der Waals surface area contributed by atoms with Crippen LogP contribution in [0.2, 0.25) is 0 Å². The molecule has 4 nitrogen and oxygen atoms in total. The van der Waals surface area contributed by atoms with Crippen molar-refractivity contribution >= 4 is 17.6 Å². The molecule has 1 aliphatic carbocycles. The first-order valence-corrected chi connectivity index (χ1v) is 13.3. The molecule has 0 aromatic heterocycles. The van der Waals surface area contributed by atoms with Gasteiger partial charge in [-0.3, -0.25) is 4.99 Å². The molecule has 4 aromatic carbocycles. The minimum atomic E-state index is -0.280. The molecule has 0 spiro atoms. The molecule has 3 atom stereocenters. The Morgan fingerprint density at radius 3 is 2.67 bits per heavy atom. The molecule has 5 heteroatoms. The first-order valence-electron chi connectivity index (χ1n) is 13.3. The van der Waals surface area contributed by atoms with Gasteiger partial charge in [-0.05, 0) is 90.0 Å². The largest absolute Gasteiger partial charge is 0.493 e. The minimum Gasteiger partial charge on any atom is -0.493 e.